The average molecular weight is 209 g/mol. The van der Waals surface area contributed by atoms with Crippen molar-refractivity contribution in [3.8, 4) is 0 Å². The molecular formula is C7H10F3N3O. The fourth-order valence-electron chi connectivity index (χ4n) is 1.03. The molecule has 0 amide bonds. The van der Waals surface area contributed by atoms with Crippen LogP contribution in [0.5, 0.6) is 0 Å². The minimum absolute atomic E-state index is 0.000417. The highest BCUT2D eigenvalue weighted by Gasteiger charge is 2.34. The summed E-state index contributed by atoms with van der Waals surface area (Å²) in [6.07, 6.45) is -4.44. The topological polar surface area (TPSA) is 41.3 Å². The van der Waals surface area contributed by atoms with Crippen LogP contribution in [0.1, 0.15) is 11.4 Å². The molecule has 0 aromatic carbocycles. The molecule has 0 bridgehead atoms. The van der Waals surface area contributed by atoms with E-state index in [1.165, 1.54) is 14.1 Å². The summed E-state index contributed by atoms with van der Waals surface area (Å²) in [5.41, 5.74) is -0.654. The van der Waals surface area contributed by atoms with Crippen molar-refractivity contribution in [2.24, 2.45) is 7.05 Å². The van der Waals surface area contributed by atoms with Crippen LogP contribution in [-0.4, -0.2) is 27.1 Å². The Bertz CT molecular complexity index is 318. The first kappa shape index (κ1) is 11.0. The third-order valence-electron chi connectivity index (χ3n) is 1.66. The van der Waals surface area contributed by atoms with Gasteiger partial charge in [-0.1, -0.05) is 0 Å². The van der Waals surface area contributed by atoms with Gasteiger partial charge in [-0.2, -0.15) is 23.3 Å². The van der Waals surface area contributed by atoms with Crippen LogP contribution in [0.2, 0.25) is 0 Å². The maximum atomic E-state index is 12.2. The van der Waals surface area contributed by atoms with Crippen LogP contribution >= 0.6 is 0 Å². The van der Waals surface area contributed by atoms with Crippen molar-refractivity contribution in [3.63, 3.8) is 0 Å². The Labute approximate surface area is 78.5 Å². The lowest BCUT2D eigenvalue weighted by molar-refractivity contribution is -0.141. The second kappa shape index (κ2) is 3.58. The van der Waals surface area contributed by atoms with Gasteiger partial charge in [0.15, 0.2) is 5.69 Å². The number of hydrogen-bond donors (Lipinski definition) is 1. The number of hydroxylamine groups is 2. The van der Waals surface area contributed by atoms with Crippen LogP contribution in [0.3, 0.4) is 0 Å². The van der Waals surface area contributed by atoms with Gasteiger partial charge < -0.3 is 5.21 Å². The Morgan fingerprint density at radius 2 is 2.14 bits per heavy atom. The first-order valence-corrected chi connectivity index (χ1v) is 3.81. The molecule has 0 spiro atoms. The van der Waals surface area contributed by atoms with Crippen LogP contribution in [0.4, 0.5) is 13.2 Å². The third kappa shape index (κ3) is 2.46. The molecule has 0 aliphatic rings. The maximum Gasteiger partial charge on any atom is 0.435 e. The lowest BCUT2D eigenvalue weighted by Gasteiger charge is -2.06. The number of halogens is 3. The number of aryl methyl sites for hydroxylation is 1. The zero-order valence-corrected chi connectivity index (χ0v) is 7.71. The highest BCUT2D eigenvalue weighted by Crippen LogP contribution is 2.28. The fourth-order valence-corrected chi connectivity index (χ4v) is 1.03. The molecular weight excluding hydrogens is 199 g/mol. The first-order valence-electron chi connectivity index (χ1n) is 3.81. The van der Waals surface area contributed by atoms with Crippen molar-refractivity contribution in [1.29, 1.82) is 0 Å². The maximum absolute atomic E-state index is 12.2. The molecule has 1 aromatic heterocycles. The zero-order chi connectivity index (χ0) is 10.9. The molecule has 0 aliphatic heterocycles. The first-order chi connectivity index (χ1) is 6.30. The van der Waals surface area contributed by atoms with E-state index in [1.54, 1.807) is 0 Å². The van der Waals surface area contributed by atoms with E-state index in [4.69, 9.17) is 5.21 Å². The summed E-state index contributed by atoms with van der Waals surface area (Å²) >= 11 is 0. The summed E-state index contributed by atoms with van der Waals surface area (Å²) in [5.74, 6) is 0. The fraction of sp³-hybridized carbons (Fsp3) is 0.571. The molecule has 0 saturated carbocycles. The molecule has 7 heteroatoms. The van der Waals surface area contributed by atoms with Crippen LogP contribution < -0.4 is 0 Å². The van der Waals surface area contributed by atoms with Crippen molar-refractivity contribution in [1.82, 2.24) is 14.8 Å². The van der Waals surface area contributed by atoms with Crippen LogP contribution in [-0.2, 0) is 19.8 Å². The van der Waals surface area contributed by atoms with Crippen molar-refractivity contribution < 1.29 is 18.4 Å². The molecule has 1 N–H and O–H groups in total. The van der Waals surface area contributed by atoms with Crippen molar-refractivity contribution >= 4 is 0 Å². The summed E-state index contributed by atoms with van der Waals surface area (Å²) in [5, 5.41) is 12.9. The average Bonchev–Trinajstić information content (AvgIpc) is 2.30. The number of hydrogen-bond acceptors (Lipinski definition) is 3. The molecule has 0 radical (unpaired) electrons. The molecule has 0 unspecified atom stereocenters. The molecule has 0 saturated heterocycles. The smallest absolute Gasteiger partial charge is 0.314 e. The highest BCUT2D eigenvalue weighted by molar-refractivity contribution is 5.12. The Morgan fingerprint density at radius 1 is 1.57 bits per heavy atom. The summed E-state index contributed by atoms with van der Waals surface area (Å²) in [7, 11) is 2.74. The summed E-state index contributed by atoms with van der Waals surface area (Å²) in [6, 6.07) is 0.909. The third-order valence-corrected chi connectivity index (χ3v) is 1.66. The van der Waals surface area contributed by atoms with Gasteiger partial charge in [-0.3, -0.25) is 4.68 Å². The summed E-state index contributed by atoms with van der Waals surface area (Å²) < 4.78 is 37.6. The Kier molecular flexibility index (Phi) is 2.81. The quantitative estimate of drug-likeness (QED) is 0.745. The minimum Gasteiger partial charge on any atom is -0.314 e. The lowest BCUT2D eigenvalue weighted by Crippen LogP contribution is -2.14. The molecule has 1 rings (SSSR count). The van der Waals surface area contributed by atoms with E-state index in [0.717, 1.165) is 15.8 Å². The zero-order valence-electron chi connectivity index (χ0n) is 7.71. The predicted octanol–water partition coefficient (Wildman–Crippen LogP) is 1.26. The van der Waals surface area contributed by atoms with Gasteiger partial charge in [-0.05, 0) is 6.07 Å². The lowest BCUT2D eigenvalue weighted by atomic mass is 10.3. The second-order valence-electron chi connectivity index (χ2n) is 2.96. The van der Waals surface area contributed by atoms with Gasteiger partial charge in [0.2, 0.25) is 0 Å². The van der Waals surface area contributed by atoms with E-state index in [0.29, 0.717) is 5.69 Å². The van der Waals surface area contributed by atoms with E-state index in [2.05, 4.69) is 5.10 Å². The van der Waals surface area contributed by atoms with Crippen molar-refractivity contribution in [2.45, 2.75) is 12.7 Å². The Hall–Kier alpha value is -1.08. The Balaban J connectivity index is 2.94. The van der Waals surface area contributed by atoms with Gasteiger partial charge in [-0.25, -0.2) is 0 Å². The van der Waals surface area contributed by atoms with Gasteiger partial charge in [0.1, 0.15) is 0 Å². The standard InChI is InChI=1S/C7H10F3N3O/c1-12(14)4-5-3-6(7(8,9)10)11-13(5)2/h3,14H,4H2,1-2H3. The monoisotopic (exact) mass is 209 g/mol. The van der Waals surface area contributed by atoms with E-state index >= 15 is 0 Å². The molecule has 1 heterocycles. The summed E-state index contributed by atoms with van der Waals surface area (Å²) in [4.78, 5) is 0. The van der Waals surface area contributed by atoms with Gasteiger partial charge in [-0.15, -0.1) is 0 Å². The number of alkyl halides is 3. The van der Waals surface area contributed by atoms with Crippen LogP contribution in [0.15, 0.2) is 6.07 Å². The SMILES string of the molecule is CN(O)Cc1cc(C(F)(F)F)nn1C. The van der Waals surface area contributed by atoms with Crippen molar-refractivity contribution in [3.05, 3.63) is 17.5 Å². The molecule has 4 nitrogen and oxygen atoms in total. The van der Waals surface area contributed by atoms with E-state index < -0.39 is 11.9 Å². The number of nitrogens with zero attached hydrogens (tertiary/aromatic N) is 3. The van der Waals surface area contributed by atoms with Gasteiger partial charge in [0.25, 0.3) is 0 Å². The molecule has 80 valence electrons. The largest absolute Gasteiger partial charge is 0.435 e. The summed E-state index contributed by atoms with van der Waals surface area (Å²) in [6.45, 7) is -0.000417. The Morgan fingerprint density at radius 3 is 2.50 bits per heavy atom. The van der Waals surface area contributed by atoms with Crippen LogP contribution in [0, 0.1) is 0 Å². The minimum atomic E-state index is -4.44. The number of rotatable bonds is 2. The van der Waals surface area contributed by atoms with Gasteiger partial charge >= 0.3 is 6.18 Å². The van der Waals surface area contributed by atoms with Gasteiger partial charge in [0, 0.05) is 14.1 Å². The van der Waals surface area contributed by atoms with Crippen molar-refractivity contribution in [2.75, 3.05) is 7.05 Å². The molecule has 0 atom stereocenters. The van der Waals surface area contributed by atoms with E-state index in [9.17, 15) is 13.2 Å². The molecule has 14 heavy (non-hydrogen) atoms. The normalized spacial score (nSPS) is 12.5. The van der Waals surface area contributed by atoms with E-state index in [-0.39, 0.29) is 6.54 Å². The molecule has 0 fully saturated rings. The highest BCUT2D eigenvalue weighted by atomic mass is 19.4. The number of aromatic nitrogens is 2. The molecule has 1 aromatic rings. The van der Waals surface area contributed by atoms with Crippen LogP contribution in [0.25, 0.3) is 0 Å². The molecule has 0 aliphatic carbocycles. The second-order valence-corrected chi connectivity index (χ2v) is 2.96. The predicted molar refractivity (Wildman–Crippen MR) is 41.5 cm³/mol. The van der Waals surface area contributed by atoms with E-state index in [1.807, 2.05) is 0 Å². The van der Waals surface area contributed by atoms with Gasteiger partial charge in [0.05, 0.1) is 12.2 Å².